The number of para-hydroxylation sites is 1. The topological polar surface area (TPSA) is 20.3 Å². The van der Waals surface area contributed by atoms with Crippen molar-refractivity contribution in [3.05, 3.63) is 42.0 Å². The van der Waals surface area contributed by atoms with E-state index in [9.17, 15) is 4.79 Å². The Morgan fingerprint density at radius 2 is 1.83 bits per heavy atom. The van der Waals surface area contributed by atoms with Crippen molar-refractivity contribution in [1.82, 2.24) is 0 Å². The highest BCUT2D eigenvalue weighted by molar-refractivity contribution is 6.05. The van der Waals surface area contributed by atoms with Gasteiger partial charge in [-0.05, 0) is 30.9 Å². The highest BCUT2D eigenvalue weighted by Crippen LogP contribution is 2.32. The van der Waals surface area contributed by atoms with Crippen molar-refractivity contribution in [2.45, 2.75) is 40.0 Å². The van der Waals surface area contributed by atoms with E-state index < -0.39 is 0 Å². The molecule has 0 aromatic heterocycles. The number of hydrogen-bond donors (Lipinski definition) is 0. The van der Waals surface area contributed by atoms with E-state index in [0.29, 0.717) is 12.1 Å². The van der Waals surface area contributed by atoms with Crippen LogP contribution in [0, 0.1) is 0 Å². The van der Waals surface area contributed by atoms with Crippen LogP contribution >= 0.6 is 0 Å². The lowest BCUT2D eigenvalue weighted by Crippen LogP contribution is -2.33. The highest BCUT2D eigenvalue weighted by Gasteiger charge is 2.23. The lowest BCUT2D eigenvalue weighted by molar-refractivity contribution is -0.115. The fraction of sp³-hybridized carbons (Fsp3) is 0.438. The molecule has 18 heavy (non-hydrogen) atoms. The van der Waals surface area contributed by atoms with Gasteiger partial charge in [-0.25, -0.2) is 0 Å². The second kappa shape index (κ2) is 5.38. The summed E-state index contributed by atoms with van der Waals surface area (Å²) in [4.78, 5) is 14.0. The van der Waals surface area contributed by atoms with Crippen LogP contribution in [0.2, 0.25) is 0 Å². The van der Waals surface area contributed by atoms with Crippen LogP contribution in [0.15, 0.2) is 36.4 Å². The minimum Gasteiger partial charge on any atom is -0.309 e. The first-order valence-corrected chi connectivity index (χ1v) is 6.36. The van der Waals surface area contributed by atoms with Crippen LogP contribution in [-0.4, -0.2) is 12.5 Å². The van der Waals surface area contributed by atoms with Gasteiger partial charge in [0.05, 0.1) is 0 Å². The molecule has 0 N–H and O–H groups in total. The van der Waals surface area contributed by atoms with Gasteiger partial charge in [-0.15, -0.1) is 0 Å². The van der Waals surface area contributed by atoms with Gasteiger partial charge in [-0.1, -0.05) is 45.5 Å². The van der Waals surface area contributed by atoms with Crippen molar-refractivity contribution >= 4 is 11.6 Å². The van der Waals surface area contributed by atoms with Crippen LogP contribution < -0.4 is 4.90 Å². The Balaban J connectivity index is 3.31. The van der Waals surface area contributed by atoms with Gasteiger partial charge in [0.15, 0.2) is 0 Å². The molecule has 0 aliphatic rings. The molecule has 0 atom stereocenters. The van der Waals surface area contributed by atoms with Gasteiger partial charge >= 0.3 is 0 Å². The zero-order valence-electron chi connectivity index (χ0n) is 12.1. The number of rotatable bonds is 3. The Morgan fingerprint density at radius 1 is 1.28 bits per heavy atom. The standard InChI is InChI=1S/C16H23NO/c1-7-17(15(18)12(2)3)14-11-9-8-10-13(14)16(4,5)6/h8-11H,2,7H2,1,3-6H3. The van der Waals surface area contributed by atoms with E-state index in [4.69, 9.17) is 0 Å². The monoisotopic (exact) mass is 245 g/mol. The number of carbonyl (C=O) groups is 1. The van der Waals surface area contributed by atoms with E-state index in [2.05, 4.69) is 33.4 Å². The normalized spacial score (nSPS) is 11.2. The molecular weight excluding hydrogens is 222 g/mol. The first-order valence-electron chi connectivity index (χ1n) is 6.36. The number of carbonyl (C=O) groups excluding carboxylic acids is 1. The molecule has 98 valence electrons. The Bertz CT molecular complexity index is 454. The summed E-state index contributed by atoms with van der Waals surface area (Å²) < 4.78 is 0. The van der Waals surface area contributed by atoms with Crippen molar-refractivity contribution in [1.29, 1.82) is 0 Å². The minimum atomic E-state index is -0.00537. The average Bonchev–Trinajstić information content (AvgIpc) is 2.29. The fourth-order valence-corrected chi connectivity index (χ4v) is 2.00. The predicted octanol–water partition coefficient (Wildman–Crippen LogP) is 3.91. The third kappa shape index (κ3) is 3.00. The van der Waals surface area contributed by atoms with Crippen molar-refractivity contribution in [2.24, 2.45) is 0 Å². The van der Waals surface area contributed by atoms with E-state index in [1.54, 1.807) is 11.8 Å². The lowest BCUT2D eigenvalue weighted by atomic mass is 9.85. The average molecular weight is 245 g/mol. The van der Waals surface area contributed by atoms with E-state index >= 15 is 0 Å². The summed E-state index contributed by atoms with van der Waals surface area (Å²) >= 11 is 0. The molecule has 0 radical (unpaired) electrons. The summed E-state index contributed by atoms with van der Waals surface area (Å²) in [5.41, 5.74) is 2.75. The van der Waals surface area contributed by atoms with E-state index in [0.717, 1.165) is 5.69 Å². The van der Waals surface area contributed by atoms with Gasteiger partial charge in [-0.3, -0.25) is 4.79 Å². The predicted molar refractivity (Wildman–Crippen MR) is 78.0 cm³/mol. The number of nitrogens with zero attached hydrogens (tertiary/aromatic N) is 1. The molecule has 1 rings (SSSR count). The molecule has 1 aromatic carbocycles. The first-order chi connectivity index (χ1) is 8.29. The van der Waals surface area contributed by atoms with E-state index in [-0.39, 0.29) is 11.3 Å². The third-order valence-electron chi connectivity index (χ3n) is 2.93. The summed E-state index contributed by atoms with van der Waals surface area (Å²) in [7, 11) is 0. The molecule has 0 saturated heterocycles. The number of benzene rings is 1. The third-order valence-corrected chi connectivity index (χ3v) is 2.93. The first kappa shape index (κ1) is 14.5. The maximum Gasteiger partial charge on any atom is 0.253 e. The Labute approximate surface area is 110 Å². The molecule has 2 nitrogen and oxygen atoms in total. The van der Waals surface area contributed by atoms with Crippen molar-refractivity contribution in [2.75, 3.05) is 11.4 Å². The summed E-state index contributed by atoms with van der Waals surface area (Å²) in [6.45, 7) is 14.6. The van der Waals surface area contributed by atoms with Gasteiger partial charge in [0.2, 0.25) is 0 Å². The number of hydrogen-bond acceptors (Lipinski definition) is 1. The Hall–Kier alpha value is -1.57. The van der Waals surface area contributed by atoms with Gasteiger partial charge in [0.1, 0.15) is 0 Å². The summed E-state index contributed by atoms with van der Waals surface area (Å²) in [6, 6.07) is 8.08. The van der Waals surface area contributed by atoms with Crippen molar-refractivity contribution in [3.8, 4) is 0 Å². The van der Waals surface area contributed by atoms with Crippen LogP contribution in [0.4, 0.5) is 5.69 Å². The van der Waals surface area contributed by atoms with Crippen LogP contribution in [0.3, 0.4) is 0 Å². The summed E-state index contributed by atoms with van der Waals surface area (Å²) in [5.74, 6) is -0.00537. The fourth-order valence-electron chi connectivity index (χ4n) is 2.00. The quantitative estimate of drug-likeness (QED) is 0.739. The van der Waals surface area contributed by atoms with Crippen LogP contribution in [0.1, 0.15) is 40.2 Å². The SMILES string of the molecule is C=C(C)C(=O)N(CC)c1ccccc1C(C)(C)C. The van der Waals surface area contributed by atoms with Gasteiger partial charge in [0.25, 0.3) is 5.91 Å². The second-order valence-electron chi connectivity index (χ2n) is 5.60. The molecule has 0 spiro atoms. The van der Waals surface area contributed by atoms with Gasteiger partial charge in [0, 0.05) is 17.8 Å². The number of anilines is 1. The Kier molecular flexibility index (Phi) is 4.33. The highest BCUT2D eigenvalue weighted by atomic mass is 16.2. The van der Waals surface area contributed by atoms with Crippen LogP contribution in [0.5, 0.6) is 0 Å². The Morgan fingerprint density at radius 3 is 2.28 bits per heavy atom. The van der Waals surface area contributed by atoms with Gasteiger partial charge < -0.3 is 4.90 Å². The maximum atomic E-state index is 12.2. The second-order valence-corrected chi connectivity index (χ2v) is 5.60. The zero-order chi connectivity index (χ0) is 13.9. The van der Waals surface area contributed by atoms with Crippen molar-refractivity contribution < 1.29 is 4.79 Å². The summed E-state index contributed by atoms with van der Waals surface area (Å²) in [5, 5.41) is 0. The molecule has 0 unspecified atom stereocenters. The largest absolute Gasteiger partial charge is 0.309 e. The van der Waals surface area contributed by atoms with Crippen LogP contribution in [0.25, 0.3) is 0 Å². The van der Waals surface area contributed by atoms with Crippen molar-refractivity contribution in [3.63, 3.8) is 0 Å². The van der Waals surface area contributed by atoms with Crippen LogP contribution in [-0.2, 0) is 10.2 Å². The zero-order valence-corrected chi connectivity index (χ0v) is 12.1. The number of amides is 1. The minimum absolute atomic E-state index is 0.00537. The molecule has 1 aromatic rings. The molecule has 1 amide bonds. The van der Waals surface area contributed by atoms with E-state index in [1.807, 2.05) is 25.1 Å². The molecule has 0 aliphatic heterocycles. The van der Waals surface area contributed by atoms with E-state index in [1.165, 1.54) is 5.56 Å². The molecule has 2 heteroatoms. The molecular formula is C16H23NO. The molecule has 0 fully saturated rings. The van der Waals surface area contributed by atoms with Gasteiger partial charge in [-0.2, -0.15) is 0 Å². The number of likely N-dealkylation sites (N-methyl/N-ethyl adjacent to an activating group) is 1. The summed E-state index contributed by atoms with van der Waals surface area (Å²) in [6.07, 6.45) is 0. The lowest BCUT2D eigenvalue weighted by Gasteiger charge is -2.29. The smallest absolute Gasteiger partial charge is 0.253 e. The molecule has 0 heterocycles. The molecule has 0 aliphatic carbocycles. The molecule has 0 bridgehead atoms. The molecule has 0 saturated carbocycles. The maximum absolute atomic E-state index is 12.2.